The number of thiazole rings is 1. The highest BCUT2D eigenvalue weighted by molar-refractivity contribution is 7.98. The van der Waals surface area contributed by atoms with Crippen LogP contribution in [0.5, 0.6) is 0 Å². The smallest absolute Gasteiger partial charge is 0.230 e. The Morgan fingerprint density at radius 3 is 2.68 bits per heavy atom. The SMILES string of the molecule is CCc1ccccc1N(C(C)=O)c1nc(CSc2nnnn2Cc2ccccc2)cs1. The van der Waals surface area contributed by atoms with Crippen molar-refractivity contribution in [3.05, 3.63) is 76.8 Å². The van der Waals surface area contributed by atoms with Crippen molar-refractivity contribution in [2.45, 2.75) is 37.7 Å². The van der Waals surface area contributed by atoms with Gasteiger partial charge in [0, 0.05) is 18.1 Å². The number of amides is 1. The molecule has 0 N–H and O–H groups in total. The second-order valence-corrected chi connectivity index (χ2v) is 8.63. The minimum atomic E-state index is -0.0544. The molecular weight excluding hydrogens is 428 g/mol. The Bertz CT molecular complexity index is 1160. The fourth-order valence-corrected chi connectivity index (χ4v) is 4.95. The fraction of sp³-hybridized carbons (Fsp3) is 0.227. The van der Waals surface area contributed by atoms with E-state index in [0.29, 0.717) is 17.4 Å². The number of hydrogen-bond acceptors (Lipinski definition) is 7. The Labute approximate surface area is 189 Å². The maximum Gasteiger partial charge on any atom is 0.230 e. The number of benzene rings is 2. The molecule has 4 aromatic rings. The number of hydrogen-bond donors (Lipinski definition) is 0. The predicted molar refractivity (Wildman–Crippen MR) is 124 cm³/mol. The standard InChI is InChI=1S/C22H22N6OS2/c1-3-18-11-7-8-12-20(18)28(16(2)29)21-23-19(14-30-21)15-31-22-24-25-26-27(22)13-17-9-5-4-6-10-17/h4-12,14H,3,13,15H2,1-2H3. The lowest BCUT2D eigenvalue weighted by Gasteiger charge is -2.20. The second-order valence-electron chi connectivity index (χ2n) is 6.85. The van der Waals surface area contributed by atoms with Gasteiger partial charge < -0.3 is 0 Å². The molecule has 1 amide bonds. The van der Waals surface area contributed by atoms with Gasteiger partial charge in [0.15, 0.2) is 5.13 Å². The molecule has 0 saturated carbocycles. The maximum absolute atomic E-state index is 12.4. The van der Waals surface area contributed by atoms with Gasteiger partial charge in [-0.15, -0.1) is 16.4 Å². The zero-order valence-corrected chi connectivity index (χ0v) is 18.9. The van der Waals surface area contributed by atoms with Crippen LogP contribution in [0.3, 0.4) is 0 Å². The van der Waals surface area contributed by atoms with Crippen molar-refractivity contribution in [3.63, 3.8) is 0 Å². The van der Waals surface area contributed by atoms with Crippen LogP contribution in [0.4, 0.5) is 10.8 Å². The van der Waals surface area contributed by atoms with Gasteiger partial charge in [0.1, 0.15) is 0 Å². The Hall–Kier alpha value is -3.04. The van der Waals surface area contributed by atoms with Gasteiger partial charge in [-0.1, -0.05) is 67.2 Å². The van der Waals surface area contributed by atoms with Crippen molar-refractivity contribution in [2.75, 3.05) is 4.90 Å². The van der Waals surface area contributed by atoms with Crippen molar-refractivity contribution in [2.24, 2.45) is 0 Å². The van der Waals surface area contributed by atoms with Crippen LogP contribution in [-0.4, -0.2) is 31.1 Å². The van der Waals surface area contributed by atoms with E-state index in [0.717, 1.165) is 34.1 Å². The van der Waals surface area contributed by atoms with Crippen molar-refractivity contribution in [3.8, 4) is 0 Å². The van der Waals surface area contributed by atoms with E-state index in [4.69, 9.17) is 4.98 Å². The molecule has 0 radical (unpaired) electrons. The van der Waals surface area contributed by atoms with Gasteiger partial charge in [-0.2, -0.15) is 0 Å². The largest absolute Gasteiger partial charge is 0.274 e. The van der Waals surface area contributed by atoms with Crippen LogP contribution in [0.15, 0.2) is 65.1 Å². The molecule has 0 aliphatic rings. The molecule has 0 atom stereocenters. The molecule has 7 nitrogen and oxygen atoms in total. The molecule has 0 saturated heterocycles. The maximum atomic E-state index is 12.4. The van der Waals surface area contributed by atoms with Crippen LogP contribution >= 0.6 is 23.1 Å². The average molecular weight is 451 g/mol. The third-order valence-corrected chi connectivity index (χ3v) is 6.55. The number of aryl methyl sites for hydroxylation is 1. The highest BCUT2D eigenvalue weighted by atomic mass is 32.2. The topological polar surface area (TPSA) is 76.8 Å². The van der Waals surface area contributed by atoms with Gasteiger partial charge in [0.2, 0.25) is 11.1 Å². The molecule has 0 unspecified atom stereocenters. The van der Waals surface area contributed by atoms with Gasteiger partial charge >= 0.3 is 0 Å². The summed E-state index contributed by atoms with van der Waals surface area (Å²) in [5.74, 6) is 0.563. The number of carbonyl (C=O) groups is 1. The first kappa shape index (κ1) is 21.2. The molecule has 2 aromatic carbocycles. The van der Waals surface area contributed by atoms with Crippen LogP contribution in [0.2, 0.25) is 0 Å². The Balaban J connectivity index is 1.48. The molecule has 0 aliphatic carbocycles. The van der Waals surface area contributed by atoms with Crippen molar-refractivity contribution >= 4 is 39.8 Å². The number of thioether (sulfide) groups is 1. The predicted octanol–water partition coefficient (Wildman–Crippen LogP) is 4.72. The third-order valence-electron chi connectivity index (χ3n) is 4.68. The van der Waals surface area contributed by atoms with Gasteiger partial charge in [-0.25, -0.2) is 9.67 Å². The Kier molecular flexibility index (Phi) is 6.73. The molecule has 0 spiro atoms. The minimum Gasteiger partial charge on any atom is -0.274 e. The van der Waals surface area contributed by atoms with E-state index in [1.165, 1.54) is 23.1 Å². The van der Waals surface area contributed by atoms with E-state index < -0.39 is 0 Å². The zero-order chi connectivity index (χ0) is 21.6. The van der Waals surface area contributed by atoms with E-state index in [9.17, 15) is 4.79 Å². The Morgan fingerprint density at radius 1 is 1.13 bits per heavy atom. The lowest BCUT2D eigenvalue weighted by Crippen LogP contribution is -2.23. The summed E-state index contributed by atoms with van der Waals surface area (Å²) in [7, 11) is 0. The average Bonchev–Trinajstić information content (AvgIpc) is 3.43. The second kappa shape index (κ2) is 9.84. The van der Waals surface area contributed by atoms with E-state index in [2.05, 4.69) is 22.4 Å². The molecule has 0 fully saturated rings. The lowest BCUT2D eigenvalue weighted by atomic mass is 10.1. The quantitative estimate of drug-likeness (QED) is 0.362. The summed E-state index contributed by atoms with van der Waals surface area (Å²) < 4.78 is 1.78. The molecule has 0 bridgehead atoms. The number of tetrazole rings is 1. The van der Waals surface area contributed by atoms with Gasteiger partial charge in [0.05, 0.1) is 17.9 Å². The van der Waals surface area contributed by atoms with Gasteiger partial charge in [0.25, 0.3) is 0 Å². The van der Waals surface area contributed by atoms with E-state index >= 15 is 0 Å². The number of carbonyl (C=O) groups excluding carboxylic acids is 1. The van der Waals surface area contributed by atoms with Crippen molar-refractivity contribution in [1.82, 2.24) is 25.2 Å². The number of nitrogens with zero attached hydrogens (tertiary/aromatic N) is 6. The Morgan fingerprint density at radius 2 is 1.90 bits per heavy atom. The minimum absolute atomic E-state index is 0.0544. The first-order valence-corrected chi connectivity index (χ1v) is 11.8. The molecule has 2 heterocycles. The van der Waals surface area contributed by atoms with Crippen LogP contribution in [0, 0.1) is 0 Å². The first-order valence-electron chi connectivity index (χ1n) is 9.91. The molecule has 2 aromatic heterocycles. The number of para-hydroxylation sites is 1. The number of aromatic nitrogens is 5. The summed E-state index contributed by atoms with van der Waals surface area (Å²) >= 11 is 3.00. The van der Waals surface area contributed by atoms with E-state index in [1.54, 1.807) is 16.5 Å². The molecule has 4 rings (SSSR count). The normalized spacial score (nSPS) is 10.9. The van der Waals surface area contributed by atoms with Gasteiger partial charge in [-0.05, 0) is 34.0 Å². The summed E-state index contributed by atoms with van der Waals surface area (Å²) in [5.41, 5.74) is 4.03. The molecular formula is C22H22N6OS2. The first-order chi connectivity index (χ1) is 15.2. The summed E-state index contributed by atoms with van der Waals surface area (Å²) in [6.45, 7) is 4.27. The summed E-state index contributed by atoms with van der Waals surface area (Å²) in [5, 5.41) is 15.5. The molecule has 158 valence electrons. The number of anilines is 2. The monoisotopic (exact) mass is 450 g/mol. The van der Waals surface area contributed by atoms with Crippen LogP contribution in [0.1, 0.15) is 30.7 Å². The molecule has 31 heavy (non-hydrogen) atoms. The van der Waals surface area contributed by atoms with Gasteiger partial charge in [-0.3, -0.25) is 9.69 Å². The summed E-state index contributed by atoms with van der Waals surface area (Å²) in [6.07, 6.45) is 0.845. The number of rotatable bonds is 8. The van der Waals surface area contributed by atoms with Crippen molar-refractivity contribution in [1.29, 1.82) is 0 Å². The van der Waals surface area contributed by atoms with Crippen molar-refractivity contribution < 1.29 is 4.79 Å². The zero-order valence-electron chi connectivity index (χ0n) is 17.3. The summed E-state index contributed by atoms with van der Waals surface area (Å²) in [6, 6.07) is 18.0. The highest BCUT2D eigenvalue weighted by Crippen LogP contribution is 2.33. The van der Waals surface area contributed by atoms with Crippen LogP contribution in [0.25, 0.3) is 0 Å². The fourth-order valence-electron chi connectivity index (χ4n) is 3.19. The van der Waals surface area contributed by atoms with Crippen LogP contribution in [-0.2, 0) is 23.5 Å². The lowest BCUT2D eigenvalue weighted by molar-refractivity contribution is -0.115. The third kappa shape index (κ3) is 5.00. The summed E-state index contributed by atoms with van der Waals surface area (Å²) in [4.78, 5) is 18.9. The van der Waals surface area contributed by atoms with Crippen LogP contribution < -0.4 is 4.90 Å². The van der Waals surface area contributed by atoms with E-state index in [-0.39, 0.29) is 5.91 Å². The molecule has 0 aliphatic heterocycles. The molecule has 9 heteroatoms. The van der Waals surface area contributed by atoms with E-state index in [1.807, 2.05) is 60.0 Å². The highest BCUT2D eigenvalue weighted by Gasteiger charge is 2.20.